The van der Waals surface area contributed by atoms with E-state index in [1.165, 1.54) is 0 Å². The maximum absolute atomic E-state index is 8.74. The lowest BCUT2D eigenvalue weighted by Gasteiger charge is -1.68. The molecule has 0 aliphatic carbocycles. The van der Waals surface area contributed by atoms with Crippen LogP contribution >= 0.6 is 11.6 Å². The first kappa shape index (κ1) is 11.9. The Morgan fingerprint density at radius 2 is 1.44 bits per heavy atom. The van der Waals surface area contributed by atoms with Gasteiger partial charge in [0, 0.05) is 5.88 Å². The highest BCUT2D eigenvalue weighted by Crippen LogP contribution is 1.63. The summed E-state index contributed by atoms with van der Waals surface area (Å²) < 4.78 is 31.6. The molecule has 7 heteroatoms. The van der Waals surface area contributed by atoms with Crippen molar-refractivity contribution >= 4 is 22.0 Å². The summed E-state index contributed by atoms with van der Waals surface area (Å²) in [5.74, 6) is 0.347. The number of aliphatic hydroxyl groups excluding tert-OH is 1. The molecular formula is C2H7ClO5S. The van der Waals surface area contributed by atoms with E-state index in [0.29, 0.717) is 5.88 Å². The van der Waals surface area contributed by atoms with Gasteiger partial charge < -0.3 is 5.11 Å². The minimum Gasteiger partial charge on any atom is -0.395 e. The summed E-state index contributed by atoms with van der Waals surface area (Å²) in [7, 11) is -4.67. The SMILES string of the molecule is O=S(=O)(O)O.OCCCl. The Morgan fingerprint density at radius 3 is 1.44 bits per heavy atom. The third kappa shape index (κ3) is 242. The second-order valence-electron chi connectivity index (χ2n) is 0.860. The van der Waals surface area contributed by atoms with Crippen LogP contribution in [0, 0.1) is 0 Å². The molecule has 58 valence electrons. The van der Waals surface area contributed by atoms with E-state index >= 15 is 0 Å². The van der Waals surface area contributed by atoms with Gasteiger partial charge in [-0.25, -0.2) is 0 Å². The molecule has 0 amide bonds. The van der Waals surface area contributed by atoms with Crippen molar-refractivity contribution in [3.63, 3.8) is 0 Å². The molecule has 3 N–H and O–H groups in total. The number of hydrogen-bond donors (Lipinski definition) is 3. The largest absolute Gasteiger partial charge is 0.395 e. The minimum atomic E-state index is -4.67. The van der Waals surface area contributed by atoms with Crippen LogP contribution in [0.1, 0.15) is 0 Å². The summed E-state index contributed by atoms with van der Waals surface area (Å²) in [5.41, 5.74) is 0. The Labute approximate surface area is 57.8 Å². The van der Waals surface area contributed by atoms with Gasteiger partial charge in [0.2, 0.25) is 0 Å². The molecule has 0 atom stereocenters. The molecule has 0 bridgehead atoms. The van der Waals surface area contributed by atoms with E-state index in [0.717, 1.165) is 0 Å². The lowest BCUT2D eigenvalue weighted by molar-refractivity contribution is 0.321. The number of aliphatic hydroxyl groups is 1. The number of rotatable bonds is 1. The van der Waals surface area contributed by atoms with Gasteiger partial charge >= 0.3 is 10.4 Å². The van der Waals surface area contributed by atoms with E-state index < -0.39 is 10.4 Å². The third-order valence-electron chi connectivity index (χ3n) is 0.0845. The van der Waals surface area contributed by atoms with Crippen molar-refractivity contribution in [1.29, 1.82) is 0 Å². The summed E-state index contributed by atoms with van der Waals surface area (Å²) in [6.07, 6.45) is 0. The van der Waals surface area contributed by atoms with Crippen molar-refractivity contribution in [2.45, 2.75) is 0 Å². The van der Waals surface area contributed by atoms with Gasteiger partial charge in [0.25, 0.3) is 0 Å². The molecular weight excluding hydrogens is 172 g/mol. The first-order valence-corrected chi connectivity index (χ1v) is 3.71. The summed E-state index contributed by atoms with van der Waals surface area (Å²) in [6, 6.07) is 0. The third-order valence-corrected chi connectivity index (χ3v) is 0.254. The average molecular weight is 179 g/mol. The molecule has 0 aromatic carbocycles. The highest BCUT2D eigenvalue weighted by Gasteiger charge is 1.84. The van der Waals surface area contributed by atoms with Gasteiger partial charge in [-0.15, -0.1) is 11.6 Å². The predicted molar refractivity (Wildman–Crippen MR) is 32.0 cm³/mol. The number of alkyl halides is 1. The van der Waals surface area contributed by atoms with Crippen LogP contribution in [0.25, 0.3) is 0 Å². The van der Waals surface area contributed by atoms with E-state index in [9.17, 15) is 0 Å². The topological polar surface area (TPSA) is 94.8 Å². The van der Waals surface area contributed by atoms with Crippen LogP contribution in [0.5, 0.6) is 0 Å². The summed E-state index contributed by atoms with van der Waals surface area (Å²) in [4.78, 5) is 0. The quantitative estimate of drug-likeness (QED) is 0.374. The van der Waals surface area contributed by atoms with Gasteiger partial charge in [-0.3, -0.25) is 9.11 Å². The van der Waals surface area contributed by atoms with Crippen LogP contribution < -0.4 is 0 Å². The highest BCUT2D eigenvalue weighted by molar-refractivity contribution is 7.79. The smallest absolute Gasteiger partial charge is 0.394 e. The molecule has 9 heavy (non-hydrogen) atoms. The van der Waals surface area contributed by atoms with Crippen molar-refractivity contribution in [2.24, 2.45) is 0 Å². The fourth-order valence-electron chi connectivity index (χ4n) is 0. The monoisotopic (exact) mass is 178 g/mol. The van der Waals surface area contributed by atoms with Crippen molar-refractivity contribution < 1.29 is 22.6 Å². The Bertz CT molecular complexity index is 118. The van der Waals surface area contributed by atoms with E-state index in [-0.39, 0.29) is 6.61 Å². The minimum absolute atomic E-state index is 0.0849. The number of hydrogen-bond acceptors (Lipinski definition) is 3. The zero-order valence-electron chi connectivity index (χ0n) is 4.36. The molecule has 0 spiro atoms. The molecule has 0 rings (SSSR count). The second-order valence-corrected chi connectivity index (χ2v) is 2.13. The van der Waals surface area contributed by atoms with Crippen LogP contribution in [0.15, 0.2) is 0 Å². The van der Waals surface area contributed by atoms with Gasteiger partial charge in [-0.1, -0.05) is 0 Å². The van der Waals surface area contributed by atoms with Crippen LogP contribution in [-0.2, 0) is 10.4 Å². The Hall–Kier alpha value is 0.120. The predicted octanol–water partition coefficient (Wildman–Crippen LogP) is -0.435. The molecule has 0 saturated heterocycles. The first-order valence-electron chi connectivity index (χ1n) is 1.78. The molecule has 0 heterocycles. The Morgan fingerprint density at radius 1 is 1.33 bits per heavy atom. The first-order chi connectivity index (χ1) is 3.91. The van der Waals surface area contributed by atoms with Crippen molar-refractivity contribution in [3.8, 4) is 0 Å². The van der Waals surface area contributed by atoms with Crippen LogP contribution in [0.3, 0.4) is 0 Å². The van der Waals surface area contributed by atoms with Crippen molar-refractivity contribution in [2.75, 3.05) is 12.5 Å². The summed E-state index contributed by atoms with van der Waals surface area (Å²) >= 11 is 4.94. The molecule has 0 aromatic heterocycles. The van der Waals surface area contributed by atoms with Gasteiger partial charge in [-0.05, 0) is 0 Å². The average Bonchev–Trinajstić information content (AvgIpc) is 1.61. The maximum atomic E-state index is 8.74. The normalized spacial score (nSPS) is 9.78. The van der Waals surface area contributed by atoms with Gasteiger partial charge in [-0.2, -0.15) is 8.42 Å². The number of halogens is 1. The van der Waals surface area contributed by atoms with Crippen molar-refractivity contribution in [3.05, 3.63) is 0 Å². The summed E-state index contributed by atoms with van der Waals surface area (Å²) in [6.45, 7) is 0.0849. The molecule has 0 saturated carbocycles. The van der Waals surface area contributed by atoms with E-state index in [2.05, 4.69) is 0 Å². The highest BCUT2D eigenvalue weighted by atomic mass is 35.5. The van der Waals surface area contributed by atoms with Crippen LogP contribution in [0.4, 0.5) is 0 Å². The van der Waals surface area contributed by atoms with E-state index in [4.69, 9.17) is 34.2 Å². The second kappa shape index (κ2) is 6.24. The standard InChI is InChI=1S/C2H5ClO.H2O4S/c3-1-2-4;1-5(2,3)4/h4H,1-2H2;(H2,1,2,3,4). The maximum Gasteiger partial charge on any atom is 0.394 e. The molecule has 0 aliphatic rings. The molecule has 0 unspecified atom stereocenters. The van der Waals surface area contributed by atoms with Crippen LogP contribution in [-0.4, -0.2) is 35.1 Å². The Balaban J connectivity index is 0. The lowest BCUT2D eigenvalue weighted by atomic mass is 10.9. The van der Waals surface area contributed by atoms with Gasteiger partial charge in [0.05, 0.1) is 6.61 Å². The van der Waals surface area contributed by atoms with Crippen molar-refractivity contribution in [1.82, 2.24) is 0 Å². The Kier molecular flexibility index (Phi) is 8.23. The fraction of sp³-hybridized carbons (Fsp3) is 1.00. The zero-order valence-corrected chi connectivity index (χ0v) is 5.93. The molecule has 0 fully saturated rings. The molecule has 0 aliphatic heterocycles. The van der Waals surface area contributed by atoms with Gasteiger partial charge in [0.15, 0.2) is 0 Å². The molecule has 0 aromatic rings. The lowest BCUT2D eigenvalue weighted by Crippen LogP contribution is -1.89. The summed E-state index contributed by atoms with van der Waals surface area (Å²) in [5, 5.41) is 7.74. The van der Waals surface area contributed by atoms with Crippen LogP contribution in [0.2, 0.25) is 0 Å². The van der Waals surface area contributed by atoms with E-state index in [1.54, 1.807) is 0 Å². The van der Waals surface area contributed by atoms with Gasteiger partial charge in [0.1, 0.15) is 0 Å². The fourth-order valence-corrected chi connectivity index (χ4v) is 0. The molecule has 5 nitrogen and oxygen atoms in total. The zero-order chi connectivity index (χ0) is 7.91. The van der Waals surface area contributed by atoms with E-state index in [1.807, 2.05) is 0 Å². The molecule has 0 radical (unpaired) electrons.